The first-order valence-electron chi connectivity index (χ1n) is 9.34. The lowest BCUT2D eigenvalue weighted by Gasteiger charge is -2.21. The Hall–Kier alpha value is -2.38. The quantitative estimate of drug-likeness (QED) is 0.570. The van der Waals surface area contributed by atoms with Crippen molar-refractivity contribution >= 4 is 29.1 Å². The fourth-order valence-electron chi connectivity index (χ4n) is 2.84. The van der Waals surface area contributed by atoms with Crippen LogP contribution in [0.15, 0.2) is 40.6 Å². The van der Waals surface area contributed by atoms with Crippen LogP contribution < -0.4 is 10.6 Å². The van der Waals surface area contributed by atoms with E-state index in [1.807, 2.05) is 50.1 Å². The fourth-order valence-corrected chi connectivity index (χ4v) is 3.03. The number of aliphatic hydroxyl groups excluding tert-OH is 1. The molecular formula is C20H29ClN6O. The molecule has 1 atom stereocenters. The average molecular weight is 405 g/mol. The second-order valence-electron chi connectivity index (χ2n) is 6.89. The van der Waals surface area contributed by atoms with Crippen molar-refractivity contribution in [1.29, 1.82) is 0 Å². The number of anilines is 1. The zero-order valence-corrected chi connectivity index (χ0v) is 17.9. The van der Waals surface area contributed by atoms with Gasteiger partial charge in [0.25, 0.3) is 0 Å². The van der Waals surface area contributed by atoms with Crippen LogP contribution in [0, 0.1) is 6.92 Å². The Balaban J connectivity index is 2.57. The zero-order chi connectivity index (χ0) is 20.8. The summed E-state index contributed by atoms with van der Waals surface area (Å²) >= 11 is 6.17. The van der Waals surface area contributed by atoms with Crippen molar-refractivity contribution in [3.63, 3.8) is 0 Å². The van der Waals surface area contributed by atoms with E-state index >= 15 is 0 Å². The van der Waals surface area contributed by atoms with Gasteiger partial charge < -0.3 is 20.3 Å². The molecule has 0 spiro atoms. The standard InChI is InChI=1S/C20H29ClN6O/c1-6-16(11-28)24-20(22)25-19(18-14(4)27(12-23-18)13(2)3)26(5)17-9-7-8-15(21)10-17/h7-10,12-13,16,28H,6,11H2,1-5H3,(H2,22,24)/t16-/m1/s1. The van der Waals surface area contributed by atoms with E-state index in [4.69, 9.17) is 17.3 Å². The molecule has 0 unspecified atom stereocenters. The van der Waals surface area contributed by atoms with E-state index < -0.39 is 0 Å². The maximum Gasteiger partial charge on any atom is 0.217 e. The summed E-state index contributed by atoms with van der Waals surface area (Å²) in [5.41, 5.74) is 8.63. The molecule has 3 N–H and O–H groups in total. The third-order valence-corrected chi connectivity index (χ3v) is 4.77. The van der Waals surface area contributed by atoms with Gasteiger partial charge in [0, 0.05) is 29.5 Å². The van der Waals surface area contributed by atoms with Gasteiger partial charge in [-0.15, -0.1) is 0 Å². The highest BCUT2D eigenvalue weighted by atomic mass is 35.5. The number of benzene rings is 1. The molecule has 2 aromatic rings. The minimum Gasteiger partial charge on any atom is -0.394 e. The largest absolute Gasteiger partial charge is 0.394 e. The number of aromatic nitrogens is 2. The molecule has 8 heteroatoms. The van der Waals surface area contributed by atoms with E-state index in [9.17, 15) is 5.11 Å². The predicted molar refractivity (Wildman–Crippen MR) is 117 cm³/mol. The number of nitrogens with zero attached hydrogens (tertiary/aromatic N) is 5. The van der Waals surface area contributed by atoms with Gasteiger partial charge in [0.05, 0.1) is 19.0 Å². The molecule has 2 rings (SSSR count). The second-order valence-corrected chi connectivity index (χ2v) is 7.32. The first-order chi connectivity index (χ1) is 13.3. The smallest absolute Gasteiger partial charge is 0.217 e. The van der Waals surface area contributed by atoms with Gasteiger partial charge in [-0.3, -0.25) is 0 Å². The Kier molecular flexibility index (Phi) is 7.60. The molecular weight excluding hydrogens is 376 g/mol. The summed E-state index contributed by atoms with van der Waals surface area (Å²) in [6, 6.07) is 7.46. The molecule has 0 radical (unpaired) electrons. The molecule has 0 saturated carbocycles. The van der Waals surface area contributed by atoms with Gasteiger partial charge >= 0.3 is 0 Å². The SMILES string of the molecule is CC[C@H](CO)N=C(N)N=C(c1ncn(C(C)C)c1C)N(C)c1cccc(Cl)c1. The van der Waals surface area contributed by atoms with E-state index in [0.29, 0.717) is 23.0 Å². The number of guanidine groups is 1. The summed E-state index contributed by atoms with van der Waals surface area (Å²) in [5, 5.41) is 10.0. The van der Waals surface area contributed by atoms with Crippen LogP contribution in [0.4, 0.5) is 5.69 Å². The molecule has 152 valence electrons. The van der Waals surface area contributed by atoms with Gasteiger partial charge in [0.1, 0.15) is 5.69 Å². The van der Waals surface area contributed by atoms with Crippen LogP contribution in [0.3, 0.4) is 0 Å². The summed E-state index contributed by atoms with van der Waals surface area (Å²) in [7, 11) is 1.88. The maximum absolute atomic E-state index is 9.40. The van der Waals surface area contributed by atoms with E-state index in [2.05, 4.69) is 33.4 Å². The number of rotatable bonds is 6. The lowest BCUT2D eigenvalue weighted by atomic mass is 10.2. The number of nitrogens with two attached hydrogens (primary N) is 1. The Bertz CT molecular complexity index is 854. The molecule has 1 heterocycles. The van der Waals surface area contributed by atoms with Crippen molar-refractivity contribution in [1.82, 2.24) is 9.55 Å². The first-order valence-corrected chi connectivity index (χ1v) is 9.72. The van der Waals surface area contributed by atoms with E-state index in [1.54, 1.807) is 6.33 Å². The van der Waals surface area contributed by atoms with Crippen molar-refractivity contribution in [2.24, 2.45) is 15.7 Å². The Morgan fingerprint density at radius 1 is 1.39 bits per heavy atom. The summed E-state index contributed by atoms with van der Waals surface area (Å²) in [6.45, 7) is 8.05. The predicted octanol–water partition coefficient (Wildman–Crippen LogP) is 3.39. The molecule has 0 aliphatic heterocycles. The molecule has 0 amide bonds. The topological polar surface area (TPSA) is 92.0 Å². The average Bonchev–Trinajstić information content (AvgIpc) is 3.05. The number of halogens is 1. The molecule has 0 aliphatic rings. The van der Waals surface area contributed by atoms with Crippen LogP contribution in [0.25, 0.3) is 0 Å². The van der Waals surface area contributed by atoms with Crippen molar-refractivity contribution in [2.75, 3.05) is 18.6 Å². The normalized spacial score (nSPS) is 13.9. The van der Waals surface area contributed by atoms with Gasteiger partial charge in [0.15, 0.2) is 5.84 Å². The van der Waals surface area contributed by atoms with Gasteiger partial charge in [-0.1, -0.05) is 24.6 Å². The van der Waals surface area contributed by atoms with Gasteiger partial charge in [-0.05, 0) is 45.4 Å². The summed E-state index contributed by atoms with van der Waals surface area (Å²) in [6.07, 6.45) is 2.47. The second kappa shape index (κ2) is 9.71. The van der Waals surface area contributed by atoms with Crippen molar-refractivity contribution in [3.05, 3.63) is 47.0 Å². The maximum atomic E-state index is 9.40. The lowest BCUT2D eigenvalue weighted by molar-refractivity contribution is 0.264. The highest BCUT2D eigenvalue weighted by molar-refractivity contribution is 6.31. The third kappa shape index (κ3) is 5.11. The summed E-state index contributed by atoms with van der Waals surface area (Å²) < 4.78 is 2.08. The molecule has 1 aromatic heterocycles. The minimum absolute atomic E-state index is 0.0762. The van der Waals surface area contributed by atoms with Crippen LogP contribution in [-0.2, 0) is 0 Å². The number of aliphatic hydroxyl groups is 1. The number of imidazole rings is 1. The number of hydrogen-bond acceptors (Lipinski definition) is 3. The highest BCUT2D eigenvalue weighted by Gasteiger charge is 2.20. The third-order valence-electron chi connectivity index (χ3n) is 4.54. The minimum atomic E-state index is -0.282. The lowest BCUT2D eigenvalue weighted by Crippen LogP contribution is -2.31. The van der Waals surface area contributed by atoms with Gasteiger partial charge in [-0.25, -0.2) is 9.98 Å². The molecule has 0 fully saturated rings. The molecule has 28 heavy (non-hydrogen) atoms. The van der Waals surface area contributed by atoms with Gasteiger partial charge in [-0.2, -0.15) is 4.99 Å². The Labute approximate surface area is 171 Å². The number of aliphatic imine (C=N–C) groups is 2. The molecule has 0 bridgehead atoms. The van der Waals surface area contributed by atoms with E-state index in [0.717, 1.165) is 11.4 Å². The first kappa shape index (κ1) is 21.9. The zero-order valence-electron chi connectivity index (χ0n) is 17.1. The molecule has 0 saturated heterocycles. The molecule has 0 aliphatic carbocycles. The van der Waals surface area contributed by atoms with Crippen LogP contribution >= 0.6 is 11.6 Å². The monoisotopic (exact) mass is 404 g/mol. The number of amidine groups is 1. The Morgan fingerprint density at radius 3 is 2.64 bits per heavy atom. The van der Waals surface area contributed by atoms with Crippen LogP contribution in [-0.4, -0.2) is 46.1 Å². The van der Waals surface area contributed by atoms with Crippen LogP contribution in [0.2, 0.25) is 5.02 Å². The van der Waals surface area contributed by atoms with Crippen LogP contribution in [0.5, 0.6) is 0 Å². The van der Waals surface area contributed by atoms with E-state index in [-0.39, 0.29) is 24.7 Å². The molecule has 7 nitrogen and oxygen atoms in total. The Morgan fingerprint density at radius 2 is 2.11 bits per heavy atom. The summed E-state index contributed by atoms with van der Waals surface area (Å²) in [5.74, 6) is 0.663. The summed E-state index contributed by atoms with van der Waals surface area (Å²) in [4.78, 5) is 15.3. The number of hydrogen-bond donors (Lipinski definition) is 2. The van der Waals surface area contributed by atoms with Crippen LogP contribution in [0.1, 0.15) is 44.6 Å². The van der Waals surface area contributed by atoms with E-state index in [1.165, 1.54) is 0 Å². The fraction of sp³-hybridized carbons (Fsp3) is 0.450. The highest BCUT2D eigenvalue weighted by Crippen LogP contribution is 2.22. The van der Waals surface area contributed by atoms with Crippen molar-refractivity contribution in [2.45, 2.75) is 46.2 Å². The van der Waals surface area contributed by atoms with Crippen molar-refractivity contribution < 1.29 is 5.11 Å². The van der Waals surface area contributed by atoms with Gasteiger partial charge in [0.2, 0.25) is 5.96 Å². The van der Waals surface area contributed by atoms with Crippen molar-refractivity contribution in [3.8, 4) is 0 Å². The molecule has 1 aromatic carbocycles.